The van der Waals surface area contributed by atoms with Crippen LogP contribution in [-0.2, 0) is 9.53 Å². The van der Waals surface area contributed by atoms with E-state index in [1.807, 2.05) is 4.90 Å². The molecule has 2 aliphatic rings. The van der Waals surface area contributed by atoms with Crippen LogP contribution in [0.2, 0.25) is 0 Å². The summed E-state index contributed by atoms with van der Waals surface area (Å²) in [6, 6.07) is 0.0892. The first-order valence-electron chi connectivity index (χ1n) is 5.82. The SMILES string of the molecule is COCC1CCN(C(=O)[C@@H]2CCCN2)C1. The molecular weight excluding hydrogens is 192 g/mol. The summed E-state index contributed by atoms with van der Waals surface area (Å²) in [6.07, 6.45) is 3.22. The molecule has 15 heavy (non-hydrogen) atoms. The van der Waals surface area contributed by atoms with Gasteiger partial charge < -0.3 is 15.0 Å². The van der Waals surface area contributed by atoms with Crippen molar-refractivity contribution in [1.82, 2.24) is 10.2 Å². The fraction of sp³-hybridized carbons (Fsp3) is 0.909. The van der Waals surface area contributed by atoms with Crippen LogP contribution in [0.15, 0.2) is 0 Å². The van der Waals surface area contributed by atoms with Crippen molar-refractivity contribution in [2.75, 3.05) is 33.4 Å². The minimum absolute atomic E-state index is 0.0892. The minimum atomic E-state index is 0.0892. The van der Waals surface area contributed by atoms with Crippen molar-refractivity contribution in [3.8, 4) is 0 Å². The molecule has 4 nitrogen and oxygen atoms in total. The molecule has 2 saturated heterocycles. The van der Waals surface area contributed by atoms with Crippen LogP contribution in [-0.4, -0.2) is 50.2 Å². The first kappa shape index (κ1) is 10.9. The zero-order valence-corrected chi connectivity index (χ0v) is 9.37. The Morgan fingerprint density at radius 1 is 1.53 bits per heavy atom. The highest BCUT2D eigenvalue weighted by atomic mass is 16.5. The summed E-state index contributed by atoms with van der Waals surface area (Å²) in [4.78, 5) is 14.0. The van der Waals surface area contributed by atoms with Gasteiger partial charge in [-0.1, -0.05) is 0 Å². The third kappa shape index (κ3) is 2.49. The van der Waals surface area contributed by atoms with Crippen molar-refractivity contribution >= 4 is 5.91 Å². The number of amides is 1. The molecule has 4 heteroatoms. The van der Waals surface area contributed by atoms with E-state index in [1.165, 1.54) is 0 Å². The molecule has 2 atom stereocenters. The number of carbonyl (C=O) groups excluding carboxylic acids is 1. The molecule has 2 rings (SSSR count). The lowest BCUT2D eigenvalue weighted by Gasteiger charge is -2.20. The highest BCUT2D eigenvalue weighted by molar-refractivity contribution is 5.82. The first-order chi connectivity index (χ1) is 7.31. The van der Waals surface area contributed by atoms with Crippen LogP contribution in [0.25, 0.3) is 0 Å². The van der Waals surface area contributed by atoms with Crippen molar-refractivity contribution in [3.05, 3.63) is 0 Å². The van der Waals surface area contributed by atoms with Crippen LogP contribution >= 0.6 is 0 Å². The number of rotatable bonds is 3. The van der Waals surface area contributed by atoms with Crippen molar-refractivity contribution in [2.45, 2.75) is 25.3 Å². The molecular formula is C11H20N2O2. The van der Waals surface area contributed by atoms with Crippen LogP contribution < -0.4 is 5.32 Å². The third-order valence-corrected chi connectivity index (χ3v) is 3.36. The summed E-state index contributed by atoms with van der Waals surface area (Å²) in [6.45, 7) is 3.56. The van der Waals surface area contributed by atoms with Gasteiger partial charge in [0, 0.05) is 26.1 Å². The van der Waals surface area contributed by atoms with E-state index in [2.05, 4.69) is 5.32 Å². The van der Waals surface area contributed by atoms with Gasteiger partial charge in [0.2, 0.25) is 5.91 Å². The fourth-order valence-corrected chi connectivity index (χ4v) is 2.52. The maximum Gasteiger partial charge on any atom is 0.239 e. The molecule has 86 valence electrons. The van der Waals surface area contributed by atoms with Crippen molar-refractivity contribution in [2.24, 2.45) is 5.92 Å². The van der Waals surface area contributed by atoms with Crippen molar-refractivity contribution in [3.63, 3.8) is 0 Å². The molecule has 2 aliphatic heterocycles. The number of carbonyl (C=O) groups is 1. The summed E-state index contributed by atoms with van der Waals surface area (Å²) < 4.78 is 5.13. The van der Waals surface area contributed by atoms with E-state index in [0.29, 0.717) is 11.8 Å². The van der Waals surface area contributed by atoms with Gasteiger partial charge in [0.05, 0.1) is 12.6 Å². The molecule has 0 spiro atoms. The Morgan fingerprint density at radius 3 is 3.07 bits per heavy atom. The van der Waals surface area contributed by atoms with E-state index in [4.69, 9.17) is 4.74 Å². The van der Waals surface area contributed by atoms with Crippen LogP contribution in [0.5, 0.6) is 0 Å². The maximum absolute atomic E-state index is 12.0. The fourth-order valence-electron chi connectivity index (χ4n) is 2.52. The van der Waals surface area contributed by atoms with E-state index in [0.717, 1.165) is 45.5 Å². The second kappa shape index (κ2) is 4.94. The maximum atomic E-state index is 12.0. The number of hydrogen-bond donors (Lipinski definition) is 1. The van der Waals surface area contributed by atoms with E-state index in [9.17, 15) is 4.79 Å². The van der Waals surface area contributed by atoms with Gasteiger partial charge in [-0.2, -0.15) is 0 Å². The minimum Gasteiger partial charge on any atom is -0.384 e. The zero-order valence-electron chi connectivity index (χ0n) is 9.37. The van der Waals surface area contributed by atoms with Crippen molar-refractivity contribution in [1.29, 1.82) is 0 Å². The number of ether oxygens (including phenoxy) is 1. The molecule has 0 aromatic carbocycles. The van der Waals surface area contributed by atoms with E-state index < -0.39 is 0 Å². The summed E-state index contributed by atoms with van der Waals surface area (Å²) >= 11 is 0. The zero-order chi connectivity index (χ0) is 10.7. The second-order valence-electron chi connectivity index (χ2n) is 4.54. The van der Waals surface area contributed by atoms with Gasteiger partial charge in [-0.3, -0.25) is 4.79 Å². The van der Waals surface area contributed by atoms with Gasteiger partial charge in [0.25, 0.3) is 0 Å². The van der Waals surface area contributed by atoms with Gasteiger partial charge in [0.15, 0.2) is 0 Å². The molecule has 1 unspecified atom stereocenters. The average molecular weight is 212 g/mol. The van der Waals surface area contributed by atoms with Gasteiger partial charge in [0.1, 0.15) is 0 Å². The number of likely N-dealkylation sites (tertiary alicyclic amines) is 1. The summed E-state index contributed by atoms with van der Waals surface area (Å²) in [7, 11) is 1.73. The van der Waals surface area contributed by atoms with Gasteiger partial charge in [-0.15, -0.1) is 0 Å². The summed E-state index contributed by atoms with van der Waals surface area (Å²) in [5.74, 6) is 0.839. The molecule has 0 saturated carbocycles. The molecule has 2 heterocycles. The monoisotopic (exact) mass is 212 g/mol. The average Bonchev–Trinajstić information content (AvgIpc) is 2.87. The summed E-state index contributed by atoms with van der Waals surface area (Å²) in [5.41, 5.74) is 0. The highest BCUT2D eigenvalue weighted by Crippen LogP contribution is 2.19. The van der Waals surface area contributed by atoms with Crippen LogP contribution in [0, 0.1) is 5.92 Å². The van der Waals surface area contributed by atoms with Crippen LogP contribution in [0.1, 0.15) is 19.3 Å². The second-order valence-corrected chi connectivity index (χ2v) is 4.54. The molecule has 0 bridgehead atoms. The van der Waals surface area contributed by atoms with Crippen molar-refractivity contribution < 1.29 is 9.53 Å². The first-order valence-corrected chi connectivity index (χ1v) is 5.82. The predicted molar refractivity (Wildman–Crippen MR) is 57.6 cm³/mol. The van der Waals surface area contributed by atoms with Gasteiger partial charge >= 0.3 is 0 Å². The Bertz CT molecular complexity index is 227. The Labute approximate surface area is 91.0 Å². The number of methoxy groups -OCH3 is 1. The van der Waals surface area contributed by atoms with E-state index in [-0.39, 0.29) is 6.04 Å². The molecule has 1 N–H and O–H groups in total. The molecule has 0 aromatic rings. The molecule has 0 aromatic heterocycles. The molecule has 0 aliphatic carbocycles. The summed E-state index contributed by atoms with van der Waals surface area (Å²) in [5, 5.41) is 3.26. The standard InChI is InChI=1S/C11H20N2O2/c1-15-8-9-4-6-13(7-9)11(14)10-3-2-5-12-10/h9-10,12H,2-8H2,1H3/t9?,10-/m0/s1. The lowest BCUT2D eigenvalue weighted by atomic mass is 10.1. The normalized spacial score (nSPS) is 31.1. The topological polar surface area (TPSA) is 41.6 Å². The van der Waals surface area contributed by atoms with Crippen LogP contribution in [0.4, 0.5) is 0 Å². The highest BCUT2D eigenvalue weighted by Gasteiger charge is 2.31. The van der Waals surface area contributed by atoms with Gasteiger partial charge in [-0.25, -0.2) is 0 Å². The third-order valence-electron chi connectivity index (χ3n) is 3.36. The Morgan fingerprint density at radius 2 is 2.40 bits per heavy atom. The van der Waals surface area contributed by atoms with E-state index in [1.54, 1.807) is 7.11 Å². The lowest BCUT2D eigenvalue weighted by molar-refractivity contribution is -0.132. The Balaban J connectivity index is 1.81. The lowest BCUT2D eigenvalue weighted by Crippen LogP contribution is -2.42. The number of hydrogen-bond acceptors (Lipinski definition) is 3. The molecule has 2 fully saturated rings. The molecule has 0 radical (unpaired) electrons. The quantitative estimate of drug-likeness (QED) is 0.728. The smallest absolute Gasteiger partial charge is 0.239 e. The number of nitrogens with zero attached hydrogens (tertiary/aromatic N) is 1. The Kier molecular flexibility index (Phi) is 3.59. The largest absolute Gasteiger partial charge is 0.384 e. The Hall–Kier alpha value is -0.610. The van der Waals surface area contributed by atoms with Gasteiger partial charge in [-0.05, 0) is 25.8 Å². The van der Waals surface area contributed by atoms with Crippen LogP contribution in [0.3, 0.4) is 0 Å². The predicted octanol–water partition coefficient (Wildman–Crippen LogP) is 0.233. The number of nitrogens with one attached hydrogen (secondary N) is 1. The molecule has 1 amide bonds. The van der Waals surface area contributed by atoms with E-state index >= 15 is 0 Å².